The van der Waals surface area contributed by atoms with Gasteiger partial charge in [0.25, 0.3) is 5.91 Å². The summed E-state index contributed by atoms with van der Waals surface area (Å²) >= 11 is 0. The minimum atomic E-state index is -0.886. The highest BCUT2D eigenvalue weighted by molar-refractivity contribution is 6.19. The molecule has 1 aromatic carbocycles. The topological polar surface area (TPSA) is 46.2 Å². The van der Waals surface area contributed by atoms with Crippen molar-refractivity contribution in [2.45, 2.75) is 66.3 Å². The molecule has 1 unspecified atom stereocenters. The Morgan fingerprint density at radius 2 is 1.81 bits per heavy atom. The maximum atomic E-state index is 14.1. The van der Waals surface area contributed by atoms with Crippen LogP contribution in [-0.4, -0.2) is 17.7 Å². The number of hydrogen-bond donors (Lipinski definition) is 1. The Hall–Kier alpha value is -2.04. The Morgan fingerprint density at radius 1 is 1.15 bits per heavy atom. The van der Waals surface area contributed by atoms with Gasteiger partial charge in [-0.15, -0.1) is 0 Å². The van der Waals surface area contributed by atoms with Gasteiger partial charge < -0.3 is 5.32 Å². The van der Waals surface area contributed by atoms with Gasteiger partial charge in [-0.2, -0.15) is 0 Å². The predicted molar refractivity (Wildman–Crippen MR) is 99.7 cm³/mol. The van der Waals surface area contributed by atoms with Gasteiger partial charge in [-0.1, -0.05) is 37.5 Å². The van der Waals surface area contributed by atoms with E-state index >= 15 is 0 Å². The van der Waals surface area contributed by atoms with E-state index in [0.29, 0.717) is 12.0 Å². The maximum absolute atomic E-state index is 14.1. The Labute approximate surface area is 154 Å². The number of carbonyl (C=O) groups is 2. The number of benzene rings is 1. The van der Waals surface area contributed by atoms with Crippen molar-refractivity contribution in [1.29, 1.82) is 0 Å². The van der Waals surface area contributed by atoms with Gasteiger partial charge in [0.15, 0.2) is 17.4 Å². The zero-order valence-electron chi connectivity index (χ0n) is 16.3. The minimum Gasteiger partial charge on any atom is -0.350 e. The van der Waals surface area contributed by atoms with E-state index in [1.165, 1.54) is 13.0 Å². The monoisotopic (exact) mass is 365 g/mol. The van der Waals surface area contributed by atoms with Crippen LogP contribution in [0.2, 0.25) is 0 Å². The number of halogens is 2. The van der Waals surface area contributed by atoms with E-state index in [-0.39, 0.29) is 35.3 Å². The highest BCUT2D eigenvalue weighted by Crippen LogP contribution is 2.27. The third-order valence-corrected chi connectivity index (χ3v) is 4.41. The van der Waals surface area contributed by atoms with E-state index in [4.69, 9.17) is 0 Å². The summed E-state index contributed by atoms with van der Waals surface area (Å²) in [5.41, 5.74) is 1.02. The largest absolute Gasteiger partial charge is 0.350 e. The molecule has 0 saturated heterocycles. The minimum absolute atomic E-state index is 0.0978. The molecule has 1 atom stereocenters. The fourth-order valence-electron chi connectivity index (χ4n) is 3.05. The van der Waals surface area contributed by atoms with E-state index in [1.807, 2.05) is 20.8 Å². The Balaban J connectivity index is 3.28. The summed E-state index contributed by atoms with van der Waals surface area (Å²) in [6, 6.07) is 4.01. The molecule has 3 nitrogen and oxygen atoms in total. The quantitative estimate of drug-likeness (QED) is 0.390. The van der Waals surface area contributed by atoms with Crippen LogP contribution in [-0.2, 0) is 16.0 Å². The molecule has 0 bridgehead atoms. The van der Waals surface area contributed by atoms with E-state index in [2.05, 4.69) is 5.32 Å². The van der Waals surface area contributed by atoms with Crippen molar-refractivity contribution in [2.24, 2.45) is 5.92 Å². The molecule has 1 amide bonds. The number of hydrogen-bond acceptors (Lipinski definition) is 2. The van der Waals surface area contributed by atoms with Gasteiger partial charge in [0.1, 0.15) is 0 Å². The van der Waals surface area contributed by atoms with Crippen LogP contribution < -0.4 is 5.32 Å². The van der Waals surface area contributed by atoms with Gasteiger partial charge in [0, 0.05) is 6.04 Å². The summed E-state index contributed by atoms with van der Waals surface area (Å²) in [6.07, 6.45) is 2.75. The highest BCUT2D eigenvalue weighted by atomic mass is 19.2. The molecule has 0 spiro atoms. The summed E-state index contributed by atoms with van der Waals surface area (Å²) in [6.45, 7) is 8.78. The Bertz CT molecular complexity index is 681. The Morgan fingerprint density at radius 3 is 2.35 bits per heavy atom. The number of amides is 1. The second kappa shape index (κ2) is 10.2. The zero-order chi connectivity index (χ0) is 19.9. The molecular weight excluding hydrogens is 336 g/mol. The molecule has 0 aliphatic rings. The van der Waals surface area contributed by atoms with E-state index in [9.17, 15) is 18.4 Å². The van der Waals surface area contributed by atoms with E-state index in [0.717, 1.165) is 18.9 Å². The van der Waals surface area contributed by atoms with Gasteiger partial charge in [-0.05, 0) is 58.1 Å². The lowest BCUT2D eigenvalue weighted by molar-refractivity contribution is -0.122. The first-order valence-corrected chi connectivity index (χ1v) is 9.14. The first-order chi connectivity index (χ1) is 12.2. The smallest absolute Gasteiger partial charge is 0.255 e. The predicted octanol–water partition coefficient (Wildman–Crippen LogP) is 4.74. The molecule has 0 aromatic heterocycles. The summed E-state index contributed by atoms with van der Waals surface area (Å²) in [5, 5.41) is 2.75. The third kappa shape index (κ3) is 6.04. The van der Waals surface area contributed by atoms with E-state index < -0.39 is 17.5 Å². The van der Waals surface area contributed by atoms with Crippen molar-refractivity contribution in [3.8, 4) is 0 Å². The fourth-order valence-corrected chi connectivity index (χ4v) is 3.05. The van der Waals surface area contributed by atoms with Crippen LogP contribution in [0, 0.1) is 17.6 Å². The van der Waals surface area contributed by atoms with Crippen LogP contribution in [0.1, 0.15) is 59.4 Å². The standard InChI is InChI=1S/C21H29F2NO2/c1-6-7-9-16(12-17-10-8-11-18(22)20(17)23)14(4)19(15(5)25)21(26)24-13(2)3/h8,10-11,13,16H,6-7,9,12H2,1-5H3,(H,24,26)/b19-14-. The molecular formula is C21H29F2NO2. The van der Waals surface area contributed by atoms with E-state index in [1.54, 1.807) is 13.0 Å². The molecule has 1 N–H and O–H groups in total. The fraction of sp³-hybridized carbons (Fsp3) is 0.524. The molecule has 1 rings (SSSR count). The molecule has 0 aliphatic heterocycles. The summed E-state index contributed by atoms with van der Waals surface area (Å²) in [4.78, 5) is 24.6. The third-order valence-electron chi connectivity index (χ3n) is 4.41. The number of unbranched alkanes of at least 4 members (excludes halogenated alkanes) is 1. The van der Waals surface area contributed by atoms with Crippen molar-refractivity contribution < 1.29 is 18.4 Å². The van der Waals surface area contributed by atoms with Gasteiger partial charge in [-0.3, -0.25) is 9.59 Å². The lowest BCUT2D eigenvalue weighted by Gasteiger charge is -2.21. The Kier molecular flexibility index (Phi) is 8.62. The normalized spacial score (nSPS) is 13.4. The van der Waals surface area contributed by atoms with Crippen molar-refractivity contribution in [2.75, 3.05) is 0 Å². The van der Waals surface area contributed by atoms with Crippen LogP contribution in [0.5, 0.6) is 0 Å². The van der Waals surface area contributed by atoms with Gasteiger partial charge in [0.05, 0.1) is 5.57 Å². The highest BCUT2D eigenvalue weighted by Gasteiger charge is 2.24. The molecule has 0 aliphatic carbocycles. The SMILES string of the molecule is CCCCC(Cc1cccc(F)c1F)/C(C)=C(/C(C)=O)C(=O)NC(C)C. The molecule has 26 heavy (non-hydrogen) atoms. The van der Waals surface area contributed by atoms with Crippen LogP contribution >= 0.6 is 0 Å². The van der Waals surface area contributed by atoms with Gasteiger partial charge >= 0.3 is 0 Å². The molecule has 0 fully saturated rings. The average molecular weight is 365 g/mol. The van der Waals surface area contributed by atoms with Crippen LogP contribution in [0.3, 0.4) is 0 Å². The molecule has 5 heteroatoms. The van der Waals surface area contributed by atoms with Gasteiger partial charge in [0.2, 0.25) is 0 Å². The van der Waals surface area contributed by atoms with Crippen LogP contribution in [0.4, 0.5) is 8.78 Å². The number of ketones is 1. The summed E-state index contributed by atoms with van der Waals surface area (Å²) in [7, 11) is 0. The molecule has 0 radical (unpaired) electrons. The lowest BCUT2D eigenvalue weighted by Crippen LogP contribution is -2.34. The number of Topliss-reactive ketones (excluding diaryl/α,β-unsaturated/α-hetero) is 1. The summed E-state index contributed by atoms with van der Waals surface area (Å²) in [5.74, 6) is -2.68. The first-order valence-electron chi connectivity index (χ1n) is 9.14. The van der Waals surface area contributed by atoms with Crippen LogP contribution in [0.15, 0.2) is 29.3 Å². The number of rotatable bonds is 9. The maximum Gasteiger partial charge on any atom is 0.255 e. The van der Waals surface area contributed by atoms with Gasteiger partial charge in [-0.25, -0.2) is 8.78 Å². The molecule has 0 heterocycles. The number of nitrogens with one attached hydrogen (secondary N) is 1. The van der Waals surface area contributed by atoms with Crippen molar-refractivity contribution in [3.05, 3.63) is 46.5 Å². The zero-order valence-corrected chi connectivity index (χ0v) is 16.3. The molecule has 1 aromatic rings. The van der Waals surface area contributed by atoms with Crippen molar-refractivity contribution in [1.82, 2.24) is 5.32 Å². The molecule has 144 valence electrons. The summed E-state index contributed by atoms with van der Waals surface area (Å²) < 4.78 is 27.6. The second-order valence-electron chi connectivity index (χ2n) is 7.00. The second-order valence-corrected chi connectivity index (χ2v) is 7.00. The molecule has 0 saturated carbocycles. The first kappa shape index (κ1) is 22.0. The van der Waals surface area contributed by atoms with Crippen LogP contribution in [0.25, 0.3) is 0 Å². The number of allylic oxidation sites excluding steroid dienone is 1. The lowest BCUT2D eigenvalue weighted by atomic mass is 9.84. The van der Waals surface area contributed by atoms with Crippen molar-refractivity contribution >= 4 is 11.7 Å². The number of carbonyl (C=O) groups excluding carboxylic acids is 2. The average Bonchev–Trinajstić information content (AvgIpc) is 2.54. The van der Waals surface area contributed by atoms with Crippen molar-refractivity contribution in [3.63, 3.8) is 0 Å².